The number of aliphatic hydroxyl groups excluding tert-OH is 1. The minimum absolute atomic E-state index is 0.156. The molecule has 1 fully saturated rings. The molecule has 2 heterocycles. The Hall–Kier alpha value is -1.32. The van der Waals surface area contributed by atoms with Gasteiger partial charge in [-0.1, -0.05) is 25.1 Å². The smallest absolute Gasteiger partial charge is 0.0596 e. The van der Waals surface area contributed by atoms with Crippen LogP contribution >= 0.6 is 0 Å². The van der Waals surface area contributed by atoms with Gasteiger partial charge in [-0.25, -0.2) is 0 Å². The normalized spacial score (nSPS) is 23.8. The summed E-state index contributed by atoms with van der Waals surface area (Å²) in [6.45, 7) is 8.52. The highest BCUT2D eigenvalue weighted by molar-refractivity contribution is 5.84. The second-order valence-electron chi connectivity index (χ2n) is 6.17. The summed E-state index contributed by atoms with van der Waals surface area (Å²) in [7, 11) is 0. The molecule has 21 heavy (non-hydrogen) atoms. The average molecular weight is 286 g/mol. The van der Waals surface area contributed by atoms with Crippen molar-refractivity contribution in [3.63, 3.8) is 0 Å². The third kappa shape index (κ3) is 2.85. The van der Waals surface area contributed by atoms with Crippen LogP contribution in [0.3, 0.4) is 0 Å². The van der Waals surface area contributed by atoms with E-state index in [1.807, 2.05) is 0 Å². The maximum Gasteiger partial charge on any atom is 0.0596 e. The Morgan fingerprint density at radius 2 is 2.00 bits per heavy atom. The van der Waals surface area contributed by atoms with E-state index in [-0.39, 0.29) is 6.10 Å². The molecule has 1 aliphatic rings. The molecule has 1 N–H and O–H groups in total. The van der Waals surface area contributed by atoms with Crippen LogP contribution in [0.25, 0.3) is 10.9 Å². The summed E-state index contributed by atoms with van der Waals surface area (Å²) in [5, 5.41) is 11.7. The maximum atomic E-state index is 10.3. The van der Waals surface area contributed by atoms with Gasteiger partial charge >= 0.3 is 0 Å². The first-order valence-electron chi connectivity index (χ1n) is 8.20. The van der Waals surface area contributed by atoms with E-state index in [1.54, 1.807) is 0 Å². The van der Waals surface area contributed by atoms with E-state index in [1.165, 1.54) is 16.5 Å². The van der Waals surface area contributed by atoms with Gasteiger partial charge in [0.2, 0.25) is 0 Å². The SMILES string of the molecule is CCN1CCC(O)C(Cc2cn(CC)c3ccccc23)C1. The predicted octanol–water partition coefficient (Wildman–Crippen LogP) is 2.91. The average Bonchev–Trinajstić information content (AvgIpc) is 2.88. The van der Waals surface area contributed by atoms with E-state index < -0.39 is 0 Å². The van der Waals surface area contributed by atoms with Crippen molar-refractivity contribution in [2.75, 3.05) is 19.6 Å². The molecule has 1 aromatic heterocycles. The molecule has 2 unspecified atom stereocenters. The molecule has 3 heteroatoms. The summed E-state index contributed by atoms with van der Waals surface area (Å²) in [4.78, 5) is 2.45. The first-order valence-corrected chi connectivity index (χ1v) is 8.20. The van der Waals surface area contributed by atoms with Crippen molar-refractivity contribution < 1.29 is 5.11 Å². The fourth-order valence-electron chi connectivity index (χ4n) is 3.61. The highest BCUT2D eigenvalue weighted by atomic mass is 16.3. The lowest BCUT2D eigenvalue weighted by Crippen LogP contribution is -2.43. The number of piperidine rings is 1. The molecule has 1 aliphatic heterocycles. The van der Waals surface area contributed by atoms with Crippen LogP contribution in [-0.2, 0) is 13.0 Å². The van der Waals surface area contributed by atoms with E-state index in [0.29, 0.717) is 5.92 Å². The summed E-state index contributed by atoms with van der Waals surface area (Å²) in [6, 6.07) is 8.62. The number of aliphatic hydroxyl groups is 1. The summed E-state index contributed by atoms with van der Waals surface area (Å²) in [6.07, 6.45) is 4.01. The van der Waals surface area contributed by atoms with Gasteiger partial charge in [-0.15, -0.1) is 0 Å². The number of benzene rings is 1. The first kappa shape index (κ1) is 14.6. The van der Waals surface area contributed by atoms with Crippen LogP contribution in [0.4, 0.5) is 0 Å². The molecule has 2 atom stereocenters. The molecule has 3 rings (SSSR count). The van der Waals surface area contributed by atoms with Gasteiger partial charge in [-0.3, -0.25) is 0 Å². The third-order valence-electron chi connectivity index (χ3n) is 4.92. The maximum absolute atomic E-state index is 10.3. The number of likely N-dealkylation sites (tertiary alicyclic amines) is 1. The van der Waals surface area contributed by atoms with Gasteiger partial charge < -0.3 is 14.6 Å². The van der Waals surface area contributed by atoms with Crippen LogP contribution in [0, 0.1) is 5.92 Å². The highest BCUT2D eigenvalue weighted by Crippen LogP contribution is 2.27. The van der Waals surface area contributed by atoms with E-state index >= 15 is 0 Å². The largest absolute Gasteiger partial charge is 0.393 e. The molecular weight excluding hydrogens is 260 g/mol. The second-order valence-corrected chi connectivity index (χ2v) is 6.17. The van der Waals surface area contributed by atoms with Gasteiger partial charge in [0, 0.05) is 42.7 Å². The molecule has 0 radical (unpaired) electrons. The Bertz CT molecular complexity index is 604. The van der Waals surface area contributed by atoms with E-state index in [2.05, 4.69) is 53.8 Å². The van der Waals surface area contributed by atoms with Crippen molar-refractivity contribution in [2.45, 2.75) is 39.3 Å². The monoisotopic (exact) mass is 286 g/mol. The van der Waals surface area contributed by atoms with Crippen LogP contribution in [0.2, 0.25) is 0 Å². The summed E-state index contributed by atoms with van der Waals surface area (Å²) >= 11 is 0. The Kier molecular flexibility index (Phi) is 4.32. The van der Waals surface area contributed by atoms with Gasteiger partial charge in [-0.05, 0) is 37.9 Å². The predicted molar refractivity (Wildman–Crippen MR) is 87.5 cm³/mol. The lowest BCUT2D eigenvalue weighted by Gasteiger charge is -2.35. The fraction of sp³-hybridized carbons (Fsp3) is 0.556. The van der Waals surface area contributed by atoms with Crippen LogP contribution in [0.5, 0.6) is 0 Å². The van der Waals surface area contributed by atoms with Crippen molar-refractivity contribution in [3.8, 4) is 0 Å². The number of aryl methyl sites for hydroxylation is 1. The topological polar surface area (TPSA) is 28.4 Å². The molecule has 1 saturated heterocycles. The van der Waals surface area contributed by atoms with Crippen molar-refractivity contribution in [3.05, 3.63) is 36.0 Å². The molecule has 0 aliphatic carbocycles. The Morgan fingerprint density at radius 1 is 1.19 bits per heavy atom. The number of nitrogens with zero attached hydrogens (tertiary/aromatic N) is 2. The fourth-order valence-corrected chi connectivity index (χ4v) is 3.61. The Balaban J connectivity index is 1.87. The minimum atomic E-state index is -0.156. The highest BCUT2D eigenvalue weighted by Gasteiger charge is 2.27. The molecule has 1 aromatic carbocycles. The van der Waals surface area contributed by atoms with Crippen molar-refractivity contribution in [1.29, 1.82) is 0 Å². The van der Waals surface area contributed by atoms with Gasteiger partial charge in [0.25, 0.3) is 0 Å². The summed E-state index contributed by atoms with van der Waals surface area (Å²) in [5.41, 5.74) is 2.70. The lowest BCUT2D eigenvalue weighted by molar-refractivity contribution is 0.0291. The molecule has 2 aromatic rings. The van der Waals surface area contributed by atoms with Crippen molar-refractivity contribution >= 4 is 10.9 Å². The molecular formula is C18H26N2O. The lowest BCUT2D eigenvalue weighted by atomic mass is 9.88. The zero-order chi connectivity index (χ0) is 14.8. The second kappa shape index (κ2) is 6.20. The molecule has 3 nitrogen and oxygen atoms in total. The number of aromatic nitrogens is 1. The van der Waals surface area contributed by atoms with Crippen LogP contribution in [-0.4, -0.2) is 40.3 Å². The zero-order valence-corrected chi connectivity index (χ0v) is 13.1. The van der Waals surface area contributed by atoms with Crippen LogP contribution in [0.1, 0.15) is 25.8 Å². The number of hydrogen-bond donors (Lipinski definition) is 1. The standard InChI is InChI=1S/C18H26N2O/c1-3-19-10-9-18(21)15(12-19)11-14-13-20(4-2)17-8-6-5-7-16(14)17/h5-8,13,15,18,21H,3-4,9-12H2,1-2H3. The van der Waals surface area contributed by atoms with E-state index in [9.17, 15) is 5.11 Å². The summed E-state index contributed by atoms with van der Waals surface area (Å²) < 4.78 is 2.32. The molecule has 114 valence electrons. The number of para-hydroxylation sites is 1. The number of hydrogen-bond acceptors (Lipinski definition) is 2. The quantitative estimate of drug-likeness (QED) is 0.936. The molecule has 0 bridgehead atoms. The number of rotatable bonds is 4. The van der Waals surface area contributed by atoms with Crippen LogP contribution in [0.15, 0.2) is 30.5 Å². The molecule has 0 spiro atoms. The third-order valence-corrected chi connectivity index (χ3v) is 4.92. The Labute approximate surface area is 127 Å². The number of fused-ring (bicyclic) bond motifs is 1. The zero-order valence-electron chi connectivity index (χ0n) is 13.1. The molecule has 0 amide bonds. The van der Waals surface area contributed by atoms with Gasteiger partial charge in [-0.2, -0.15) is 0 Å². The van der Waals surface area contributed by atoms with Crippen molar-refractivity contribution in [2.24, 2.45) is 5.92 Å². The van der Waals surface area contributed by atoms with Gasteiger partial charge in [0.15, 0.2) is 0 Å². The summed E-state index contributed by atoms with van der Waals surface area (Å²) in [5.74, 6) is 0.356. The van der Waals surface area contributed by atoms with Gasteiger partial charge in [0.05, 0.1) is 6.10 Å². The van der Waals surface area contributed by atoms with E-state index in [0.717, 1.165) is 39.0 Å². The van der Waals surface area contributed by atoms with Gasteiger partial charge in [0.1, 0.15) is 0 Å². The molecule has 0 saturated carbocycles. The van der Waals surface area contributed by atoms with Crippen LogP contribution < -0.4 is 0 Å². The first-order chi connectivity index (χ1) is 10.2. The minimum Gasteiger partial charge on any atom is -0.393 e. The van der Waals surface area contributed by atoms with Crippen molar-refractivity contribution in [1.82, 2.24) is 9.47 Å². The Morgan fingerprint density at radius 3 is 2.76 bits per heavy atom. The van der Waals surface area contributed by atoms with E-state index in [4.69, 9.17) is 0 Å².